The second-order valence-corrected chi connectivity index (χ2v) is 16.6. The summed E-state index contributed by atoms with van der Waals surface area (Å²) in [4.78, 5) is 58.5. The van der Waals surface area contributed by atoms with Gasteiger partial charge >= 0.3 is 0 Å². The van der Waals surface area contributed by atoms with E-state index in [9.17, 15) is 14.4 Å². The maximum absolute atomic E-state index is 14.1. The van der Waals surface area contributed by atoms with E-state index in [1.165, 1.54) is 0 Å². The molecule has 10 heteroatoms. The van der Waals surface area contributed by atoms with Crippen molar-refractivity contribution < 1.29 is 14.4 Å². The second kappa shape index (κ2) is 15.9. The summed E-state index contributed by atoms with van der Waals surface area (Å²) >= 11 is 1.63. The number of carbonyl (C=O) groups excluding carboxylic acids is 3. The third-order valence-corrected chi connectivity index (χ3v) is 12.9. The van der Waals surface area contributed by atoms with Crippen LogP contribution in [-0.2, 0) is 14.4 Å². The quantitative estimate of drug-likeness (QED) is 0.136. The molecule has 288 valence electrons. The Morgan fingerprint density at radius 1 is 0.667 bits per heavy atom. The van der Waals surface area contributed by atoms with Crippen molar-refractivity contribution in [3.63, 3.8) is 0 Å². The van der Waals surface area contributed by atoms with Crippen LogP contribution in [0.5, 0.6) is 0 Å². The van der Waals surface area contributed by atoms with E-state index in [1.54, 1.807) is 11.3 Å². The van der Waals surface area contributed by atoms with Crippen molar-refractivity contribution in [2.24, 2.45) is 5.92 Å². The number of hydrogen-bond donors (Lipinski definition) is 2. The van der Waals surface area contributed by atoms with Crippen molar-refractivity contribution >= 4 is 29.1 Å². The Bertz CT molecular complexity index is 2350. The highest BCUT2D eigenvalue weighted by Crippen LogP contribution is 2.40. The van der Waals surface area contributed by atoms with Crippen molar-refractivity contribution in [2.45, 2.75) is 69.5 Å². The molecular formula is C47H46N6O3S. The Labute approximate surface area is 337 Å². The predicted octanol–water partition coefficient (Wildman–Crippen LogP) is 9.27. The van der Waals surface area contributed by atoms with Gasteiger partial charge in [0.2, 0.25) is 17.7 Å². The smallest absolute Gasteiger partial charge is 0.250 e. The molecule has 0 unspecified atom stereocenters. The van der Waals surface area contributed by atoms with E-state index < -0.39 is 6.04 Å². The Balaban J connectivity index is 0.855. The molecule has 4 atom stereocenters. The van der Waals surface area contributed by atoms with Crippen LogP contribution in [0.1, 0.15) is 91.5 Å². The number of carbonyl (C=O) groups is 3. The number of H-pyrrole nitrogens is 1. The highest BCUT2D eigenvalue weighted by Gasteiger charge is 2.39. The minimum absolute atomic E-state index is 0.0180. The molecule has 9 rings (SSSR count). The zero-order valence-electron chi connectivity index (χ0n) is 32.0. The maximum Gasteiger partial charge on any atom is 0.250 e. The number of hydrogen-bond acceptors (Lipinski definition) is 6. The molecular weight excluding hydrogens is 729 g/mol. The van der Waals surface area contributed by atoms with E-state index in [0.29, 0.717) is 6.54 Å². The fraction of sp³-hybridized carbons (Fsp3) is 0.298. The number of amides is 3. The molecule has 2 saturated heterocycles. The standard InChI is InChI=1S/C47H46N6O3S/c1-30(31-10-4-2-5-11-31)46(55)52-26-8-14-39(52)43-48-28-38(50-43)34-20-16-32(17-21-34)33-18-22-35(23-19-33)41-29-49-45(57-41)40-15-9-27-53(40)47(56)42(36-12-6-3-7-13-36)51-44(54)37-24-25-37/h2-7,10-13,16-23,28-30,37,39-40,42H,8-9,14-15,24-27H2,1H3,(H,48,50)(H,51,54)/t30-,39+,40+,42-/m1/s1. The molecule has 57 heavy (non-hydrogen) atoms. The lowest BCUT2D eigenvalue weighted by molar-refractivity contribution is -0.137. The Morgan fingerprint density at radius 2 is 1.25 bits per heavy atom. The third kappa shape index (κ3) is 7.66. The number of likely N-dealkylation sites (tertiary alicyclic amines) is 2. The molecule has 2 aromatic heterocycles. The van der Waals surface area contributed by atoms with E-state index in [2.05, 4.69) is 58.8 Å². The van der Waals surface area contributed by atoms with E-state index >= 15 is 0 Å². The molecule has 0 spiro atoms. The van der Waals surface area contributed by atoms with Gasteiger partial charge in [-0.25, -0.2) is 9.97 Å². The summed E-state index contributed by atoms with van der Waals surface area (Å²) in [6.45, 7) is 3.37. The number of rotatable bonds is 11. The molecule has 0 radical (unpaired) electrons. The Hall–Kier alpha value is -5.87. The molecule has 3 aliphatic rings. The summed E-state index contributed by atoms with van der Waals surface area (Å²) in [7, 11) is 0. The van der Waals surface area contributed by atoms with Gasteiger partial charge in [-0.05, 0) is 78.8 Å². The predicted molar refractivity (Wildman–Crippen MR) is 223 cm³/mol. The second-order valence-electron chi connectivity index (χ2n) is 15.5. The van der Waals surface area contributed by atoms with Crippen molar-refractivity contribution in [2.75, 3.05) is 13.1 Å². The highest BCUT2D eigenvalue weighted by atomic mass is 32.1. The van der Waals surface area contributed by atoms with Crippen LogP contribution in [0, 0.1) is 5.92 Å². The first-order valence-corrected chi connectivity index (χ1v) is 21.0. The Kier molecular flexibility index (Phi) is 10.3. The average molecular weight is 775 g/mol. The van der Waals surface area contributed by atoms with Gasteiger partial charge in [0.15, 0.2) is 0 Å². The molecule has 4 heterocycles. The van der Waals surface area contributed by atoms with Gasteiger partial charge in [-0.2, -0.15) is 0 Å². The molecule has 3 amide bonds. The van der Waals surface area contributed by atoms with Gasteiger partial charge in [0, 0.05) is 25.2 Å². The molecule has 1 saturated carbocycles. The van der Waals surface area contributed by atoms with Crippen LogP contribution in [0.25, 0.3) is 32.8 Å². The van der Waals surface area contributed by atoms with Crippen LogP contribution in [0.4, 0.5) is 0 Å². The molecule has 3 fully saturated rings. The molecule has 2 aliphatic heterocycles. The molecule has 2 N–H and O–H groups in total. The zero-order valence-corrected chi connectivity index (χ0v) is 32.8. The SMILES string of the molecule is C[C@@H](C(=O)N1CCC[C@H]1c1ncc(-c2ccc(-c3ccc(-c4cnc([C@@H]5CCCN5C(=O)[C@H](NC(=O)C5CC5)c5ccccc5)s4)cc3)cc2)[nH]1)c1ccccc1. The summed E-state index contributed by atoms with van der Waals surface area (Å²) in [5.74, 6) is 0.691. The van der Waals surface area contributed by atoms with E-state index in [1.807, 2.05) is 89.8 Å². The van der Waals surface area contributed by atoms with Gasteiger partial charge < -0.3 is 20.1 Å². The van der Waals surface area contributed by atoms with Crippen LogP contribution >= 0.6 is 11.3 Å². The number of aromatic nitrogens is 3. The number of nitrogens with zero attached hydrogens (tertiary/aromatic N) is 4. The monoisotopic (exact) mass is 774 g/mol. The lowest BCUT2D eigenvalue weighted by atomic mass is 9.99. The number of thiazole rings is 1. The van der Waals surface area contributed by atoms with E-state index in [-0.39, 0.29) is 41.6 Å². The highest BCUT2D eigenvalue weighted by molar-refractivity contribution is 7.15. The van der Waals surface area contributed by atoms with Gasteiger partial charge in [-0.1, -0.05) is 109 Å². The van der Waals surface area contributed by atoms with Crippen LogP contribution in [0.15, 0.2) is 122 Å². The van der Waals surface area contributed by atoms with Gasteiger partial charge in [-0.3, -0.25) is 14.4 Å². The zero-order chi connectivity index (χ0) is 38.9. The summed E-state index contributed by atoms with van der Waals surface area (Å²) in [5, 5.41) is 3.99. The molecule has 4 aromatic carbocycles. The molecule has 1 aliphatic carbocycles. The summed E-state index contributed by atoms with van der Waals surface area (Å²) in [6.07, 6.45) is 9.16. The third-order valence-electron chi connectivity index (χ3n) is 11.8. The van der Waals surface area contributed by atoms with Crippen LogP contribution in [0.3, 0.4) is 0 Å². The minimum atomic E-state index is -0.702. The fourth-order valence-corrected chi connectivity index (χ4v) is 9.41. The normalized spacial score (nSPS) is 19.0. The van der Waals surface area contributed by atoms with E-state index in [0.717, 1.165) is 99.9 Å². The minimum Gasteiger partial charge on any atom is -0.340 e. The van der Waals surface area contributed by atoms with Gasteiger partial charge in [0.25, 0.3) is 0 Å². The van der Waals surface area contributed by atoms with Gasteiger partial charge in [0.1, 0.15) is 16.9 Å². The van der Waals surface area contributed by atoms with Crippen molar-refractivity contribution in [1.29, 1.82) is 0 Å². The average Bonchev–Trinajstić information content (AvgIpc) is 3.71. The Morgan fingerprint density at radius 3 is 1.89 bits per heavy atom. The first kappa shape index (κ1) is 36.7. The van der Waals surface area contributed by atoms with Gasteiger partial charge in [-0.15, -0.1) is 11.3 Å². The fourth-order valence-electron chi connectivity index (χ4n) is 8.34. The first-order chi connectivity index (χ1) is 27.9. The van der Waals surface area contributed by atoms with Crippen LogP contribution in [0.2, 0.25) is 0 Å². The molecule has 0 bridgehead atoms. The van der Waals surface area contributed by atoms with Crippen molar-refractivity contribution in [3.8, 4) is 32.8 Å². The number of benzene rings is 4. The largest absolute Gasteiger partial charge is 0.340 e. The summed E-state index contributed by atoms with van der Waals surface area (Å²) < 4.78 is 0. The topological polar surface area (TPSA) is 111 Å². The summed E-state index contributed by atoms with van der Waals surface area (Å²) in [6, 6.07) is 35.7. The van der Waals surface area contributed by atoms with Crippen LogP contribution in [-0.4, -0.2) is 55.6 Å². The van der Waals surface area contributed by atoms with Crippen LogP contribution < -0.4 is 5.32 Å². The number of aromatic amines is 1. The number of imidazole rings is 1. The lowest BCUT2D eigenvalue weighted by Gasteiger charge is -2.28. The first-order valence-electron chi connectivity index (χ1n) is 20.1. The molecule has 9 nitrogen and oxygen atoms in total. The van der Waals surface area contributed by atoms with Crippen molar-refractivity contribution in [1.82, 2.24) is 30.1 Å². The van der Waals surface area contributed by atoms with E-state index in [4.69, 9.17) is 9.97 Å². The number of nitrogens with one attached hydrogen (secondary N) is 2. The van der Waals surface area contributed by atoms with Gasteiger partial charge in [0.05, 0.1) is 34.8 Å². The maximum atomic E-state index is 14.1. The lowest BCUT2D eigenvalue weighted by Crippen LogP contribution is -2.43. The van der Waals surface area contributed by atoms with Crippen molar-refractivity contribution in [3.05, 3.63) is 144 Å². The summed E-state index contributed by atoms with van der Waals surface area (Å²) in [5.41, 5.74) is 7.12. The molecule has 6 aromatic rings.